The van der Waals surface area contributed by atoms with Crippen molar-refractivity contribution in [3.8, 4) is 0 Å². The summed E-state index contributed by atoms with van der Waals surface area (Å²) in [7, 11) is -3.78. The highest BCUT2D eigenvalue weighted by molar-refractivity contribution is 7.89. The van der Waals surface area contributed by atoms with Gasteiger partial charge >= 0.3 is 0 Å². The van der Waals surface area contributed by atoms with Gasteiger partial charge in [0.25, 0.3) is 5.91 Å². The molecular weight excluding hydrogens is 374 g/mol. The average Bonchev–Trinajstić information content (AvgIpc) is 2.69. The van der Waals surface area contributed by atoms with Crippen molar-refractivity contribution in [2.45, 2.75) is 25.3 Å². The van der Waals surface area contributed by atoms with Crippen LogP contribution in [-0.4, -0.2) is 19.3 Å². The molecule has 3 aromatic rings. The Bertz CT molecular complexity index is 1100. The molecule has 0 radical (unpaired) electrons. The highest BCUT2D eigenvalue weighted by Gasteiger charge is 2.19. The minimum absolute atomic E-state index is 0.0824. The van der Waals surface area contributed by atoms with E-state index < -0.39 is 10.0 Å². The first-order valence-electron chi connectivity index (χ1n) is 8.73. The third-order valence-corrected chi connectivity index (χ3v) is 5.89. The highest BCUT2D eigenvalue weighted by Crippen LogP contribution is 2.20. The molecular formula is C21H21N3O3S. The lowest BCUT2D eigenvalue weighted by Crippen LogP contribution is -2.24. The number of aromatic nitrogens is 1. The number of carbonyl (C=O) groups excluding carboxylic acids is 1. The Hall–Kier alpha value is -3.03. The summed E-state index contributed by atoms with van der Waals surface area (Å²) in [5, 5.41) is 2.82. The maximum absolute atomic E-state index is 12.8. The molecule has 144 valence electrons. The third-order valence-electron chi connectivity index (χ3n) is 4.35. The average molecular weight is 395 g/mol. The predicted molar refractivity (Wildman–Crippen MR) is 109 cm³/mol. The molecule has 0 saturated carbocycles. The van der Waals surface area contributed by atoms with Crippen LogP contribution in [-0.2, 0) is 16.6 Å². The molecule has 2 aromatic carbocycles. The van der Waals surface area contributed by atoms with E-state index >= 15 is 0 Å². The van der Waals surface area contributed by atoms with Gasteiger partial charge in [0.1, 0.15) is 0 Å². The smallest absolute Gasteiger partial charge is 0.255 e. The number of nitrogens with zero attached hydrogens (tertiary/aromatic N) is 1. The number of pyridine rings is 1. The first kappa shape index (κ1) is 19.7. The van der Waals surface area contributed by atoms with Gasteiger partial charge in [0, 0.05) is 30.2 Å². The number of nitrogens with one attached hydrogen (secondary N) is 2. The minimum Gasteiger partial charge on any atom is -0.322 e. The zero-order chi connectivity index (χ0) is 20.1. The molecule has 7 heteroatoms. The Kier molecular flexibility index (Phi) is 5.87. The van der Waals surface area contributed by atoms with Gasteiger partial charge in [-0.25, -0.2) is 13.1 Å². The Morgan fingerprint density at radius 1 is 0.964 bits per heavy atom. The first-order chi connectivity index (χ1) is 13.4. The molecule has 0 spiro atoms. The van der Waals surface area contributed by atoms with E-state index in [0.717, 1.165) is 11.1 Å². The summed E-state index contributed by atoms with van der Waals surface area (Å²) in [6.45, 7) is 3.73. The van der Waals surface area contributed by atoms with Crippen LogP contribution in [0.2, 0.25) is 0 Å². The molecule has 0 aliphatic heterocycles. The van der Waals surface area contributed by atoms with Crippen molar-refractivity contribution in [3.05, 3.63) is 89.2 Å². The maximum Gasteiger partial charge on any atom is 0.255 e. The van der Waals surface area contributed by atoms with Gasteiger partial charge in [0.05, 0.1) is 4.90 Å². The van der Waals surface area contributed by atoms with E-state index in [4.69, 9.17) is 0 Å². The minimum atomic E-state index is -3.78. The van der Waals surface area contributed by atoms with Crippen molar-refractivity contribution >= 4 is 21.6 Å². The van der Waals surface area contributed by atoms with Gasteiger partial charge in [-0.2, -0.15) is 0 Å². The summed E-state index contributed by atoms with van der Waals surface area (Å²) in [6, 6.07) is 15.5. The SMILES string of the molecule is Cc1ccccc1NC(=O)c1ccc(C)c(S(=O)(=O)NCc2ccncc2)c1. The number of carbonyl (C=O) groups is 1. The topological polar surface area (TPSA) is 88.2 Å². The largest absolute Gasteiger partial charge is 0.322 e. The second-order valence-corrected chi connectivity index (χ2v) is 8.16. The van der Waals surface area contributed by atoms with Crippen LogP contribution in [0.15, 0.2) is 71.9 Å². The fourth-order valence-corrected chi connectivity index (χ4v) is 3.98. The number of anilines is 1. The van der Waals surface area contributed by atoms with Crippen molar-refractivity contribution in [2.24, 2.45) is 0 Å². The second kappa shape index (κ2) is 8.33. The first-order valence-corrected chi connectivity index (χ1v) is 10.2. The molecule has 0 fully saturated rings. The zero-order valence-corrected chi connectivity index (χ0v) is 16.5. The number of aryl methyl sites for hydroxylation is 2. The lowest BCUT2D eigenvalue weighted by atomic mass is 10.1. The maximum atomic E-state index is 12.8. The number of sulfonamides is 1. The van der Waals surface area contributed by atoms with Crippen LogP contribution in [0.3, 0.4) is 0 Å². The molecule has 2 N–H and O–H groups in total. The molecule has 0 unspecified atom stereocenters. The third kappa shape index (κ3) is 4.62. The molecule has 0 atom stereocenters. The highest BCUT2D eigenvalue weighted by atomic mass is 32.2. The van der Waals surface area contributed by atoms with Gasteiger partial charge in [-0.1, -0.05) is 24.3 Å². The van der Waals surface area contributed by atoms with Gasteiger partial charge < -0.3 is 5.32 Å². The number of amides is 1. The van der Waals surface area contributed by atoms with E-state index in [1.54, 1.807) is 49.6 Å². The van der Waals surface area contributed by atoms with E-state index in [-0.39, 0.29) is 22.9 Å². The Morgan fingerprint density at radius 2 is 1.68 bits per heavy atom. The molecule has 1 amide bonds. The quantitative estimate of drug-likeness (QED) is 0.669. The van der Waals surface area contributed by atoms with Crippen LogP contribution in [0.1, 0.15) is 27.0 Å². The van der Waals surface area contributed by atoms with Gasteiger partial charge in [-0.15, -0.1) is 0 Å². The summed E-state index contributed by atoms with van der Waals surface area (Å²) < 4.78 is 28.1. The number of hydrogen-bond acceptors (Lipinski definition) is 4. The second-order valence-electron chi connectivity index (χ2n) is 6.43. The van der Waals surface area contributed by atoms with Crippen LogP contribution in [0.5, 0.6) is 0 Å². The van der Waals surface area contributed by atoms with Crippen LogP contribution >= 0.6 is 0 Å². The lowest BCUT2D eigenvalue weighted by Gasteiger charge is -2.12. The standard InChI is InChI=1S/C21H21N3O3S/c1-15-5-3-4-6-19(15)24-21(25)18-8-7-16(2)20(13-18)28(26,27)23-14-17-9-11-22-12-10-17/h3-13,23H,14H2,1-2H3,(H,24,25). The van der Waals surface area contributed by atoms with Crippen molar-refractivity contribution < 1.29 is 13.2 Å². The summed E-state index contributed by atoms with van der Waals surface area (Å²) in [6.07, 6.45) is 3.21. The monoisotopic (exact) mass is 395 g/mol. The van der Waals surface area contributed by atoms with Crippen LogP contribution < -0.4 is 10.0 Å². The van der Waals surface area contributed by atoms with Gasteiger partial charge in [0.15, 0.2) is 0 Å². The van der Waals surface area contributed by atoms with Crippen molar-refractivity contribution in [3.63, 3.8) is 0 Å². The van der Waals surface area contributed by atoms with Crippen molar-refractivity contribution in [1.82, 2.24) is 9.71 Å². The number of benzene rings is 2. The molecule has 0 bridgehead atoms. The summed E-state index contributed by atoms with van der Waals surface area (Å²) in [4.78, 5) is 16.6. The van der Waals surface area contributed by atoms with Crippen molar-refractivity contribution in [2.75, 3.05) is 5.32 Å². The van der Waals surface area contributed by atoms with Gasteiger partial charge in [0.2, 0.25) is 10.0 Å². The number of rotatable bonds is 6. The van der Waals surface area contributed by atoms with E-state index in [9.17, 15) is 13.2 Å². The summed E-state index contributed by atoms with van der Waals surface area (Å²) in [5.41, 5.74) is 3.25. The Balaban J connectivity index is 1.82. The molecule has 0 saturated heterocycles. The van der Waals surface area contributed by atoms with E-state index in [1.165, 1.54) is 6.07 Å². The fourth-order valence-electron chi connectivity index (χ4n) is 2.70. The molecule has 28 heavy (non-hydrogen) atoms. The number of para-hydroxylation sites is 1. The summed E-state index contributed by atoms with van der Waals surface area (Å²) in [5.74, 6) is -0.361. The van der Waals surface area contributed by atoms with E-state index in [0.29, 0.717) is 11.3 Å². The van der Waals surface area contributed by atoms with Crippen LogP contribution in [0.25, 0.3) is 0 Å². The predicted octanol–water partition coefficient (Wildman–Crippen LogP) is 3.43. The van der Waals surface area contributed by atoms with Crippen LogP contribution in [0, 0.1) is 13.8 Å². The molecule has 1 heterocycles. The molecule has 0 aliphatic rings. The fraction of sp³-hybridized carbons (Fsp3) is 0.143. The lowest BCUT2D eigenvalue weighted by molar-refractivity contribution is 0.102. The molecule has 3 rings (SSSR count). The molecule has 0 aliphatic carbocycles. The Morgan fingerprint density at radius 3 is 2.39 bits per heavy atom. The summed E-state index contributed by atoms with van der Waals surface area (Å²) >= 11 is 0. The van der Waals surface area contributed by atoms with E-state index in [2.05, 4.69) is 15.0 Å². The van der Waals surface area contributed by atoms with E-state index in [1.807, 2.05) is 25.1 Å². The molecule has 6 nitrogen and oxygen atoms in total. The Labute approximate surface area is 164 Å². The van der Waals surface area contributed by atoms with Gasteiger partial charge in [-0.3, -0.25) is 9.78 Å². The van der Waals surface area contributed by atoms with Crippen LogP contribution in [0.4, 0.5) is 5.69 Å². The zero-order valence-electron chi connectivity index (χ0n) is 15.6. The normalized spacial score (nSPS) is 11.2. The van der Waals surface area contributed by atoms with Crippen molar-refractivity contribution in [1.29, 1.82) is 0 Å². The number of hydrogen-bond donors (Lipinski definition) is 2. The van der Waals surface area contributed by atoms with Gasteiger partial charge in [-0.05, 0) is 60.9 Å². The molecule has 1 aromatic heterocycles.